The van der Waals surface area contributed by atoms with E-state index in [2.05, 4.69) is 15.3 Å². The van der Waals surface area contributed by atoms with Crippen LogP contribution >= 0.6 is 0 Å². The maximum absolute atomic E-state index is 11.5. The van der Waals surface area contributed by atoms with Gasteiger partial charge in [-0.05, 0) is 19.8 Å². The van der Waals surface area contributed by atoms with Gasteiger partial charge in [-0.3, -0.25) is 4.79 Å². The van der Waals surface area contributed by atoms with Crippen molar-refractivity contribution in [1.29, 1.82) is 0 Å². The van der Waals surface area contributed by atoms with E-state index in [0.29, 0.717) is 12.4 Å². The summed E-state index contributed by atoms with van der Waals surface area (Å²) >= 11 is 0. The van der Waals surface area contributed by atoms with E-state index in [9.17, 15) is 4.79 Å². The first-order valence-corrected chi connectivity index (χ1v) is 7.06. The summed E-state index contributed by atoms with van der Waals surface area (Å²) in [5, 5.41) is 11.9. The number of piperidine rings is 1. The summed E-state index contributed by atoms with van der Waals surface area (Å²) in [5.41, 5.74) is 0.976. The van der Waals surface area contributed by atoms with Gasteiger partial charge in [0.15, 0.2) is 0 Å². The number of nitrogens with one attached hydrogen (secondary N) is 1. The molecule has 20 heavy (non-hydrogen) atoms. The van der Waals surface area contributed by atoms with Crippen molar-refractivity contribution in [2.75, 3.05) is 31.6 Å². The highest BCUT2D eigenvalue weighted by Gasteiger charge is 2.24. The average Bonchev–Trinajstić information content (AvgIpc) is 2.44. The van der Waals surface area contributed by atoms with Crippen LogP contribution in [-0.4, -0.2) is 52.1 Å². The zero-order valence-corrected chi connectivity index (χ0v) is 12.1. The van der Waals surface area contributed by atoms with Gasteiger partial charge in [0, 0.05) is 38.5 Å². The monoisotopic (exact) mass is 278 g/mol. The molecule has 1 fully saturated rings. The number of aromatic nitrogens is 2. The first kappa shape index (κ1) is 14.7. The van der Waals surface area contributed by atoms with Crippen LogP contribution in [0.2, 0.25) is 0 Å². The Morgan fingerprint density at radius 2 is 2.35 bits per heavy atom. The molecule has 2 heterocycles. The first-order chi connectivity index (χ1) is 9.60. The van der Waals surface area contributed by atoms with Crippen LogP contribution in [-0.2, 0) is 4.79 Å². The summed E-state index contributed by atoms with van der Waals surface area (Å²) < 4.78 is 0. The highest BCUT2D eigenvalue weighted by molar-refractivity contribution is 5.73. The minimum atomic E-state index is 0.0694. The van der Waals surface area contributed by atoms with Gasteiger partial charge in [-0.2, -0.15) is 0 Å². The Kier molecular flexibility index (Phi) is 4.89. The lowest BCUT2D eigenvalue weighted by molar-refractivity contribution is -0.130. The lowest BCUT2D eigenvalue weighted by atomic mass is 9.94. The molecule has 1 saturated heterocycles. The SMILES string of the molecule is CC(=O)N1CCC[C@H](c2cc(NCCO)nc(C)n2)C1. The van der Waals surface area contributed by atoms with Crippen molar-refractivity contribution < 1.29 is 9.90 Å². The Labute approximate surface area is 119 Å². The molecule has 0 unspecified atom stereocenters. The van der Waals surface area contributed by atoms with Crippen LogP contribution in [0.4, 0.5) is 5.82 Å². The van der Waals surface area contributed by atoms with Crippen LogP contribution in [0.5, 0.6) is 0 Å². The number of aryl methyl sites for hydroxylation is 1. The molecule has 0 aromatic carbocycles. The molecule has 0 aliphatic carbocycles. The zero-order valence-electron chi connectivity index (χ0n) is 12.1. The number of aliphatic hydroxyl groups excluding tert-OH is 1. The summed E-state index contributed by atoms with van der Waals surface area (Å²) in [5.74, 6) is 1.84. The third-order valence-corrected chi connectivity index (χ3v) is 3.56. The molecule has 2 rings (SSSR count). The Morgan fingerprint density at radius 1 is 1.55 bits per heavy atom. The lowest BCUT2D eigenvalue weighted by Crippen LogP contribution is -2.37. The van der Waals surface area contributed by atoms with Gasteiger partial charge in [-0.15, -0.1) is 0 Å². The molecular weight excluding hydrogens is 256 g/mol. The fourth-order valence-corrected chi connectivity index (χ4v) is 2.58. The van der Waals surface area contributed by atoms with Gasteiger partial charge in [-0.25, -0.2) is 9.97 Å². The molecule has 0 bridgehead atoms. The second kappa shape index (κ2) is 6.65. The molecular formula is C14H22N4O2. The Morgan fingerprint density at radius 3 is 3.05 bits per heavy atom. The normalized spacial score (nSPS) is 18.9. The summed E-state index contributed by atoms with van der Waals surface area (Å²) in [7, 11) is 0. The Bertz CT molecular complexity index is 478. The maximum atomic E-state index is 11.5. The van der Waals surface area contributed by atoms with Gasteiger partial charge in [0.1, 0.15) is 11.6 Å². The van der Waals surface area contributed by atoms with Crippen LogP contribution in [0.3, 0.4) is 0 Å². The highest BCUT2D eigenvalue weighted by atomic mass is 16.3. The minimum Gasteiger partial charge on any atom is -0.395 e. The van der Waals surface area contributed by atoms with Gasteiger partial charge >= 0.3 is 0 Å². The number of hydrogen-bond acceptors (Lipinski definition) is 5. The van der Waals surface area contributed by atoms with E-state index >= 15 is 0 Å². The van der Waals surface area contributed by atoms with Gasteiger partial charge in [0.05, 0.1) is 12.3 Å². The van der Waals surface area contributed by atoms with Gasteiger partial charge in [0.25, 0.3) is 0 Å². The van der Waals surface area contributed by atoms with Crippen LogP contribution in [0.25, 0.3) is 0 Å². The molecule has 6 heteroatoms. The van der Waals surface area contributed by atoms with E-state index in [1.165, 1.54) is 0 Å². The standard InChI is InChI=1S/C14H22N4O2/c1-10-16-13(8-14(17-10)15-5-7-19)12-4-3-6-18(9-12)11(2)20/h8,12,19H,3-7,9H2,1-2H3,(H,15,16,17)/t12-/m0/s1. The number of aliphatic hydroxyl groups is 1. The van der Waals surface area contributed by atoms with E-state index in [1.54, 1.807) is 6.92 Å². The Hall–Kier alpha value is -1.69. The number of nitrogens with zero attached hydrogens (tertiary/aromatic N) is 3. The van der Waals surface area contributed by atoms with Gasteiger partial charge in [-0.1, -0.05) is 0 Å². The fourth-order valence-electron chi connectivity index (χ4n) is 2.58. The quantitative estimate of drug-likeness (QED) is 0.856. The highest BCUT2D eigenvalue weighted by Crippen LogP contribution is 2.26. The first-order valence-electron chi connectivity index (χ1n) is 7.06. The number of carbonyl (C=O) groups excluding carboxylic acids is 1. The zero-order chi connectivity index (χ0) is 14.5. The number of carbonyl (C=O) groups is 1. The van der Waals surface area contributed by atoms with Crippen molar-refractivity contribution in [2.24, 2.45) is 0 Å². The molecule has 1 aliphatic rings. The van der Waals surface area contributed by atoms with E-state index in [-0.39, 0.29) is 18.4 Å². The molecule has 1 aliphatic heterocycles. The summed E-state index contributed by atoms with van der Waals surface area (Å²) in [6, 6.07) is 1.93. The van der Waals surface area contributed by atoms with Crippen molar-refractivity contribution in [3.05, 3.63) is 17.6 Å². The van der Waals surface area contributed by atoms with Gasteiger partial charge < -0.3 is 15.3 Å². The third kappa shape index (κ3) is 3.66. The number of amides is 1. The van der Waals surface area contributed by atoms with E-state index in [0.717, 1.165) is 37.4 Å². The van der Waals surface area contributed by atoms with Crippen LogP contribution in [0.15, 0.2) is 6.07 Å². The number of rotatable bonds is 4. The molecule has 0 radical (unpaired) electrons. The second-order valence-electron chi connectivity index (χ2n) is 5.18. The van der Waals surface area contributed by atoms with E-state index in [4.69, 9.17) is 5.11 Å². The Balaban J connectivity index is 2.14. The maximum Gasteiger partial charge on any atom is 0.219 e. The molecule has 1 amide bonds. The molecule has 1 atom stereocenters. The molecule has 110 valence electrons. The molecule has 1 aromatic heterocycles. The molecule has 2 N–H and O–H groups in total. The van der Waals surface area contributed by atoms with Crippen molar-refractivity contribution in [1.82, 2.24) is 14.9 Å². The molecule has 6 nitrogen and oxygen atoms in total. The topological polar surface area (TPSA) is 78.4 Å². The van der Waals surface area contributed by atoms with Crippen LogP contribution in [0, 0.1) is 6.92 Å². The molecule has 0 spiro atoms. The summed E-state index contributed by atoms with van der Waals surface area (Å²) in [6.07, 6.45) is 2.05. The van der Waals surface area contributed by atoms with Gasteiger partial charge in [0.2, 0.25) is 5.91 Å². The lowest BCUT2D eigenvalue weighted by Gasteiger charge is -2.31. The number of anilines is 1. The van der Waals surface area contributed by atoms with Crippen molar-refractivity contribution in [3.8, 4) is 0 Å². The average molecular weight is 278 g/mol. The fraction of sp³-hybridized carbons (Fsp3) is 0.643. The summed E-state index contributed by atoms with van der Waals surface area (Å²) in [4.78, 5) is 22.2. The minimum absolute atomic E-state index is 0.0694. The smallest absolute Gasteiger partial charge is 0.219 e. The predicted octanol–water partition coefficient (Wildman–Crippen LogP) is 0.915. The second-order valence-corrected chi connectivity index (χ2v) is 5.18. The molecule has 1 aromatic rings. The van der Waals surface area contributed by atoms with E-state index in [1.807, 2.05) is 17.9 Å². The van der Waals surface area contributed by atoms with Crippen molar-refractivity contribution in [3.63, 3.8) is 0 Å². The van der Waals surface area contributed by atoms with Crippen molar-refractivity contribution >= 4 is 11.7 Å². The van der Waals surface area contributed by atoms with E-state index < -0.39 is 0 Å². The third-order valence-electron chi connectivity index (χ3n) is 3.56. The number of likely N-dealkylation sites (tertiary alicyclic amines) is 1. The predicted molar refractivity (Wildman–Crippen MR) is 76.6 cm³/mol. The molecule has 0 saturated carbocycles. The largest absolute Gasteiger partial charge is 0.395 e. The van der Waals surface area contributed by atoms with Crippen molar-refractivity contribution in [2.45, 2.75) is 32.6 Å². The number of hydrogen-bond donors (Lipinski definition) is 2. The summed E-state index contributed by atoms with van der Waals surface area (Å²) in [6.45, 7) is 5.58. The van der Waals surface area contributed by atoms with Crippen LogP contribution in [0.1, 0.15) is 37.2 Å². The van der Waals surface area contributed by atoms with Crippen LogP contribution < -0.4 is 5.32 Å².